The van der Waals surface area contributed by atoms with Crippen LogP contribution < -0.4 is 15.4 Å². The van der Waals surface area contributed by atoms with E-state index in [9.17, 15) is 18.0 Å². The zero-order valence-electron chi connectivity index (χ0n) is 17.2. The zero-order chi connectivity index (χ0) is 22.6. The number of benzene rings is 3. The Morgan fingerprint density at radius 1 is 0.903 bits per heavy atom. The summed E-state index contributed by atoms with van der Waals surface area (Å²) in [6.07, 6.45) is 0. The van der Waals surface area contributed by atoms with E-state index in [0.29, 0.717) is 5.69 Å². The number of sulfonamides is 1. The molecule has 0 saturated heterocycles. The van der Waals surface area contributed by atoms with Crippen LogP contribution in [-0.4, -0.2) is 26.8 Å². The van der Waals surface area contributed by atoms with E-state index < -0.39 is 28.4 Å². The number of hydrogen-bond acceptors (Lipinski definition) is 4. The van der Waals surface area contributed by atoms with Gasteiger partial charge in [-0.15, -0.1) is 0 Å². The highest BCUT2D eigenvalue weighted by atomic mass is 32.2. The number of nitrogens with zero attached hydrogens (tertiary/aromatic N) is 1. The number of para-hydroxylation sites is 1. The van der Waals surface area contributed by atoms with Crippen molar-refractivity contribution in [2.75, 3.05) is 16.2 Å². The first-order valence-electron chi connectivity index (χ1n) is 9.54. The molecule has 0 atom stereocenters. The molecule has 0 heterocycles. The lowest BCUT2D eigenvalue weighted by atomic mass is 10.1. The van der Waals surface area contributed by atoms with E-state index in [1.165, 1.54) is 24.3 Å². The molecule has 2 amide bonds. The van der Waals surface area contributed by atoms with Gasteiger partial charge in [0, 0.05) is 0 Å². The number of anilines is 2. The molecule has 0 unspecified atom stereocenters. The van der Waals surface area contributed by atoms with Gasteiger partial charge in [0.15, 0.2) is 0 Å². The van der Waals surface area contributed by atoms with Crippen molar-refractivity contribution < 1.29 is 18.0 Å². The molecule has 3 rings (SSSR count). The van der Waals surface area contributed by atoms with E-state index in [0.717, 1.165) is 15.4 Å². The summed E-state index contributed by atoms with van der Waals surface area (Å²) in [5.41, 5.74) is 7.98. The van der Waals surface area contributed by atoms with Crippen LogP contribution in [0.5, 0.6) is 0 Å². The number of nitrogens with one attached hydrogen (secondary N) is 1. The first-order valence-corrected chi connectivity index (χ1v) is 11.0. The van der Waals surface area contributed by atoms with Crippen LogP contribution in [0.25, 0.3) is 0 Å². The van der Waals surface area contributed by atoms with Crippen LogP contribution in [0.2, 0.25) is 0 Å². The number of rotatable bonds is 7. The summed E-state index contributed by atoms with van der Waals surface area (Å²) in [4.78, 5) is 24.5. The molecule has 0 radical (unpaired) electrons. The monoisotopic (exact) mass is 437 g/mol. The molecule has 0 aliphatic carbocycles. The number of hydrogen-bond donors (Lipinski definition) is 2. The van der Waals surface area contributed by atoms with Crippen LogP contribution in [0.15, 0.2) is 77.7 Å². The van der Waals surface area contributed by atoms with Gasteiger partial charge in [-0.1, -0.05) is 36.4 Å². The van der Waals surface area contributed by atoms with Gasteiger partial charge in [-0.2, -0.15) is 0 Å². The second-order valence-electron chi connectivity index (χ2n) is 7.05. The van der Waals surface area contributed by atoms with Gasteiger partial charge in [-0.25, -0.2) is 8.42 Å². The summed E-state index contributed by atoms with van der Waals surface area (Å²) in [6.45, 7) is 3.31. The lowest BCUT2D eigenvalue weighted by Crippen LogP contribution is -2.38. The molecule has 3 aromatic carbocycles. The minimum absolute atomic E-state index is 0.0681. The largest absolute Gasteiger partial charge is 0.366 e. The lowest BCUT2D eigenvalue weighted by molar-refractivity contribution is -0.114. The van der Waals surface area contributed by atoms with Crippen molar-refractivity contribution in [3.63, 3.8) is 0 Å². The van der Waals surface area contributed by atoms with Gasteiger partial charge >= 0.3 is 0 Å². The summed E-state index contributed by atoms with van der Waals surface area (Å²) < 4.78 is 27.8. The molecule has 7 nitrogen and oxygen atoms in total. The summed E-state index contributed by atoms with van der Waals surface area (Å²) >= 11 is 0. The normalized spacial score (nSPS) is 11.0. The Hall–Kier alpha value is -3.65. The van der Waals surface area contributed by atoms with Crippen molar-refractivity contribution in [1.29, 1.82) is 0 Å². The van der Waals surface area contributed by atoms with Gasteiger partial charge in [0.05, 0.1) is 21.8 Å². The number of nitrogens with two attached hydrogens (primary N) is 1. The maximum absolute atomic E-state index is 13.4. The number of carbonyl (C=O) groups excluding carboxylic acids is 2. The molecule has 0 spiro atoms. The van der Waals surface area contributed by atoms with Gasteiger partial charge in [0.1, 0.15) is 6.54 Å². The minimum Gasteiger partial charge on any atom is -0.366 e. The molecular formula is C23H23N3O4S. The molecule has 0 bridgehead atoms. The quantitative estimate of drug-likeness (QED) is 0.591. The SMILES string of the molecule is Cc1ccc(N(CC(=O)Nc2ccccc2C(N)=O)S(=O)(=O)c2ccccc2)cc1C. The van der Waals surface area contributed by atoms with E-state index in [1.807, 2.05) is 13.8 Å². The molecule has 3 aromatic rings. The van der Waals surface area contributed by atoms with Crippen LogP contribution in [0.4, 0.5) is 11.4 Å². The zero-order valence-corrected chi connectivity index (χ0v) is 18.0. The average Bonchev–Trinajstić information content (AvgIpc) is 2.75. The van der Waals surface area contributed by atoms with Gasteiger partial charge in [-0.3, -0.25) is 13.9 Å². The van der Waals surface area contributed by atoms with Crippen LogP contribution >= 0.6 is 0 Å². The van der Waals surface area contributed by atoms with Gasteiger partial charge in [0.25, 0.3) is 15.9 Å². The van der Waals surface area contributed by atoms with Gasteiger partial charge < -0.3 is 11.1 Å². The molecule has 0 saturated carbocycles. The molecule has 0 aliphatic rings. The molecule has 160 valence electrons. The summed E-state index contributed by atoms with van der Waals surface area (Å²) in [7, 11) is -4.02. The van der Waals surface area contributed by atoms with Crippen LogP contribution in [-0.2, 0) is 14.8 Å². The highest BCUT2D eigenvalue weighted by Gasteiger charge is 2.27. The van der Waals surface area contributed by atoms with Gasteiger partial charge in [-0.05, 0) is 61.4 Å². The third-order valence-electron chi connectivity index (χ3n) is 4.86. The second-order valence-corrected chi connectivity index (χ2v) is 8.91. The van der Waals surface area contributed by atoms with Crippen molar-refractivity contribution in [2.45, 2.75) is 18.7 Å². The van der Waals surface area contributed by atoms with Crippen molar-refractivity contribution in [3.8, 4) is 0 Å². The number of primary amides is 1. The molecular weight excluding hydrogens is 414 g/mol. The van der Waals surface area contributed by atoms with Crippen LogP contribution in [0.3, 0.4) is 0 Å². The third-order valence-corrected chi connectivity index (χ3v) is 6.65. The van der Waals surface area contributed by atoms with Crippen LogP contribution in [0.1, 0.15) is 21.5 Å². The second kappa shape index (κ2) is 9.01. The van der Waals surface area contributed by atoms with Crippen molar-refractivity contribution in [2.24, 2.45) is 5.73 Å². The highest BCUT2D eigenvalue weighted by Crippen LogP contribution is 2.26. The minimum atomic E-state index is -4.02. The fourth-order valence-corrected chi connectivity index (χ4v) is 4.48. The Morgan fingerprint density at radius 3 is 2.19 bits per heavy atom. The lowest BCUT2D eigenvalue weighted by Gasteiger charge is -2.25. The number of carbonyl (C=O) groups is 2. The molecule has 3 N–H and O–H groups in total. The van der Waals surface area contributed by atoms with Crippen molar-refractivity contribution in [3.05, 3.63) is 89.5 Å². The Balaban J connectivity index is 1.98. The fourth-order valence-electron chi connectivity index (χ4n) is 3.04. The molecule has 0 aliphatic heterocycles. The van der Waals surface area contributed by atoms with E-state index in [4.69, 9.17) is 5.73 Å². The summed E-state index contributed by atoms with van der Waals surface area (Å²) in [6, 6.07) is 19.4. The Bertz CT molecular complexity index is 1220. The number of aryl methyl sites for hydroxylation is 2. The Morgan fingerprint density at radius 2 is 1.55 bits per heavy atom. The highest BCUT2D eigenvalue weighted by molar-refractivity contribution is 7.92. The molecule has 0 fully saturated rings. The van der Waals surface area contributed by atoms with Gasteiger partial charge in [0.2, 0.25) is 5.91 Å². The predicted molar refractivity (Wildman–Crippen MR) is 120 cm³/mol. The summed E-state index contributed by atoms with van der Waals surface area (Å²) in [5.74, 6) is -1.30. The first-order chi connectivity index (χ1) is 14.7. The van der Waals surface area contributed by atoms with E-state index >= 15 is 0 Å². The third kappa shape index (κ3) is 4.92. The maximum atomic E-state index is 13.4. The first kappa shape index (κ1) is 22.0. The van der Waals surface area contributed by atoms with E-state index in [1.54, 1.807) is 48.5 Å². The standard InChI is InChI=1S/C23H23N3O4S/c1-16-12-13-18(14-17(16)2)26(31(29,30)19-8-4-3-5-9-19)15-22(27)25-21-11-7-6-10-20(21)23(24)28/h3-14H,15H2,1-2H3,(H2,24,28)(H,25,27). The molecule has 8 heteroatoms. The predicted octanol–water partition coefficient (Wildman–Crippen LogP) is 3.24. The summed E-state index contributed by atoms with van der Waals surface area (Å²) in [5, 5.41) is 2.60. The van der Waals surface area contributed by atoms with Crippen molar-refractivity contribution in [1.82, 2.24) is 0 Å². The average molecular weight is 438 g/mol. The number of amides is 2. The smallest absolute Gasteiger partial charge is 0.264 e. The topological polar surface area (TPSA) is 110 Å². The fraction of sp³-hybridized carbons (Fsp3) is 0.130. The Kier molecular flexibility index (Phi) is 6.41. The van der Waals surface area contributed by atoms with Crippen molar-refractivity contribution >= 4 is 33.2 Å². The van der Waals surface area contributed by atoms with E-state index in [2.05, 4.69) is 5.32 Å². The van der Waals surface area contributed by atoms with E-state index in [-0.39, 0.29) is 16.1 Å². The maximum Gasteiger partial charge on any atom is 0.264 e. The Labute approximate surface area is 181 Å². The van der Waals surface area contributed by atoms with Crippen LogP contribution in [0, 0.1) is 13.8 Å². The molecule has 0 aromatic heterocycles. The molecule has 31 heavy (non-hydrogen) atoms.